The summed E-state index contributed by atoms with van der Waals surface area (Å²) in [5.74, 6) is 0.402. The molecular formula is C20H17IN4O2. The van der Waals surface area contributed by atoms with Crippen LogP contribution < -0.4 is 5.32 Å². The van der Waals surface area contributed by atoms with Gasteiger partial charge in [-0.2, -0.15) is 5.10 Å². The molecule has 7 heteroatoms. The Bertz CT molecular complexity index is 1120. The van der Waals surface area contributed by atoms with Crippen molar-refractivity contribution >= 4 is 45.2 Å². The molecule has 0 fully saturated rings. The maximum atomic E-state index is 13.1. The number of fused-ring (bicyclic) bond motifs is 1. The third-order valence-electron chi connectivity index (χ3n) is 4.20. The monoisotopic (exact) mass is 472 g/mol. The number of carbonyl (C=O) groups is 1. The van der Waals surface area contributed by atoms with Crippen molar-refractivity contribution in [3.05, 3.63) is 64.1 Å². The first-order valence-corrected chi connectivity index (χ1v) is 9.60. The number of nitrogens with zero attached hydrogens (tertiary/aromatic N) is 3. The number of para-hydroxylation sites is 1. The van der Waals surface area contributed by atoms with Gasteiger partial charge in [-0.1, -0.05) is 12.1 Å². The van der Waals surface area contributed by atoms with Crippen molar-refractivity contribution in [2.75, 3.05) is 5.32 Å². The third kappa shape index (κ3) is 3.34. The van der Waals surface area contributed by atoms with Crippen molar-refractivity contribution in [1.29, 1.82) is 0 Å². The molecule has 1 aromatic carbocycles. The molecule has 27 heavy (non-hydrogen) atoms. The quantitative estimate of drug-likeness (QED) is 0.418. The van der Waals surface area contributed by atoms with Crippen LogP contribution in [-0.4, -0.2) is 20.7 Å². The summed E-state index contributed by atoms with van der Waals surface area (Å²) in [6, 6.07) is 13.1. The molecular weight excluding hydrogens is 455 g/mol. The molecule has 1 amide bonds. The molecule has 3 aromatic heterocycles. The Morgan fingerprint density at radius 3 is 2.74 bits per heavy atom. The number of nitrogens with one attached hydrogen (secondary N) is 1. The summed E-state index contributed by atoms with van der Waals surface area (Å²) in [5.41, 5.74) is 2.54. The lowest BCUT2D eigenvalue weighted by Crippen LogP contribution is -2.14. The van der Waals surface area contributed by atoms with Gasteiger partial charge in [0.2, 0.25) is 0 Å². The Balaban J connectivity index is 1.86. The summed E-state index contributed by atoms with van der Waals surface area (Å²) in [6.45, 7) is 4.06. The zero-order valence-corrected chi connectivity index (χ0v) is 17.0. The van der Waals surface area contributed by atoms with E-state index in [4.69, 9.17) is 9.40 Å². The standard InChI is InChI=1S/C20H17IN4O2/c1-12(2)25-19-14(11-22-25)13(10-17(23-19)18-8-5-9-27-18)20(26)24-16-7-4-3-6-15(16)21/h3-12H,1-2H3,(H,24,26). The first kappa shape index (κ1) is 17.7. The summed E-state index contributed by atoms with van der Waals surface area (Å²) in [4.78, 5) is 17.8. The molecule has 4 rings (SSSR count). The highest BCUT2D eigenvalue weighted by Gasteiger charge is 2.20. The van der Waals surface area contributed by atoms with E-state index in [2.05, 4.69) is 33.0 Å². The predicted molar refractivity (Wildman–Crippen MR) is 113 cm³/mol. The molecule has 0 aliphatic carbocycles. The number of rotatable bonds is 4. The summed E-state index contributed by atoms with van der Waals surface area (Å²) >= 11 is 2.20. The summed E-state index contributed by atoms with van der Waals surface area (Å²) in [7, 11) is 0. The van der Waals surface area contributed by atoms with Gasteiger partial charge in [-0.25, -0.2) is 9.67 Å². The number of amides is 1. The Labute approximate surface area is 169 Å². The summed E-state index contributed by atoms with van der Waals surface area (Å²) < 4.78 is 8.27. The molecule has 0 saturated heterocycles. The molecule has 0 atom stereocenters. The van der Waals surface area contributed by atoms with Gasteiger partial charge in [-0.3, -0.25) is 4.79 Å². The van der Waals surface area contributed by atoms with Crippen LogP contribution in [0.3, 0.4) is 0 Å². The number of halogens is 1. The number of hydrogen-bond donors (Lipinski definition) is 1. The lowest BCUT2D eigenvalue weighted by molar-refractivity contribution is 0.102. The van der Waals surface area contributed by atoms with Crippen LogP contribution in [0.1, 0.15) is 30.2 Å². The largest absolute Gasteiger partial charge is 0.463 e. The molecule has 1 N–H and O–H groups in total. The van der Waals surface area contributed by atoms with Gasteiger partial charge >= 0.3 is 0 Å². The average molecular weight is 472 g/mol. The fourth-order valence-electron chi connectivity index (χ4n) is 2.89. The van der Waals surface area contributed by atoms with Gasteiger partial charge in [0.1, 0.15) is 5.69 Å². The fraction of sp³-hybridized carbons (Fsp3) is 0.150. The van der Waals surface area contributed by atoms with Gasteiger partial charge in [-0.15, -0.1) is 0 Å². The van der Waals surface area contributed by atoms with Crippen LogP contribution >= 0.6 is 22.6 Å². The normalized spacial score (nSPS) is 11.3. The van der Waals surface area contributed by atoms with Crippen LogP contribution in [0.4, 0.5) is 5.69 Å². The first-order valence-electron chi connectivity index (χ1n) is 8.52. The van der Waals surface area contributed by atoms with Crippen LogP contribution in [-0.2, 0) is 0 Å². The number of furan rings is 1. The zero-order valence-electron chi connectivity index (χ0n) is 14.8. The molecule has 0 radical (unpaired) electrons. The molecule has 4 aromatic rings. The van der Waals surface area contributed by atoms with Gasteiger partial charge in [0.05, 0.1) is 29.1 Å². The van der Waals surface area contributed by atoms with Crippen molar-refractivity contribution in [1.82, 2.24) is 14.8 Å². The molecule has 3 heterocycles. The minimum absolute atomic E-state index is 0.118. The van der Waals surface area contributed by atoms with Crippen molar-refractivity contribution < 1.29 is 9.21 Å². The highest BCUT2D eigenvalue weighted by molar-refractivity contribution is 14.1. The van der Waals surface area contributed by atoms with E-state index in [0.717, 1.165) is 9.26 Å². The smallest absolute Gasteiger partial charge is 0.256 e. The maximum absolute atomic E-state index is 13.1. The molecule has 0 aliphatic rings. The van der Waals surface area contributed by atoms with Crippen LogP contribution in [0.2, 0.25) is 0 Å². The van der Waals surface area contributed by atoms with E-state index in [1.54, 1.807) is 24.6 Å². The summed E-state index contributed by atoms with van der Waals surface area (Å²) in [5, 5.41) is 8.13. The highest BCUT2D eigenvalue weighted by Crippen LogP contribution is 2.27. The lowest BCUT2D eigenvalue weighted by Gasteiger charge is -2.11. The maximum Gasteiger partial charge on any atom is 0.256 e. The van der Waals surface area contributed by atoms with E-state index in [9.17, 15) is 4.79 Å². The molecule has 6 nitrogen and oxygen atoms in total. The molecule has 0 bridgehead atoms. The molecule has 0 spiro atoms. The second-order valence-electron chi connectivity index (χ2n) is 6.39. The second-order valence-corrected chi connectivity index (χ2v) is 7.55. The fourth-order valence-corrected chi connectivity index (χ4v) is 3.41. The number of hydrogen-bond acceptors (Lipinski definition) is 4. The van der Waals surface area contributed by atoms with Gasteiger partial charge < -0.3 is 9.73 Å². The van der Waals surface area contributed by atoms with Crippen molar-refractivity contribution in [2.24, 2.45) is 0 Å². The molecule has 0 aliphatic heterocycles. The van der Waals surface area contributed by atoms with Gasteiger partial charge in [0, 0.05) is 9.61 Å². The van der Waals surface area contributed by atoms with Crippen LogP contribution in [0.25, 0.3) is 22.5 Å². The third-order valence-corrected chi connectivity index (χ3v) is 5.14. The molecule has 136 valence electrons. The van der Waals surface area contributed by atoms with Crippen LogP contribution in [0.15, 0.2) is 59.3 Å². The minimum Gasteiger partial charge on any atom is -0.463 e. The SMILES string of the molecule is CC(C)n1ncc2c(C(=O)Nc3ccccc3I)cc(-c3ccco3)nc21. The average Bonchev–Trinajstić information content (AvgIpc) is 3.32. The van der Waals surface area contributed by atoms with Gasteiger partial charge in [-0.05, 0) is 66.8 Å². The van der Waals surface area contributed by atoms with Crippen LogP contribution in [0, 0.1) is 3.57 Å². The van der Waals surface area contributed by atoms with E-state index in [-0.39, 0.29) is 11.9 Å². The second kappa shape index (κ2) is 7.15. The first-order chi connectivity index (χ1) is 13.0. The lowest BCUT2D eigenvalue weighted by atomic mass is 10.1. The van der Waals surface area contributed by atoms with Gasteiger partial charge in [0.25, 0.3) is 5.91 Å². The van der Waals surface area contributed by atoms with E-state index < -0.39 is 0 Å². The van der Waals surface area contributed by atoms with E-state index in [1.807, 2.05) is 48.9 Å². The van der Waals surface area contributed by atoms with Crippen molar-refractivity contribution in [2.45, 2.75) is 19.9 Å². The number of aromatic nitrogens is 3. The predicted octanol–water partition coefficient (Wildman–Crippen LogP) is 5.13. The van der Waals surface area contributed by atoms with Crippen molar-refractivity contribution in [3.63, 3.8) is 0 Å². The highest BCUT2D eigenvalue weighted by atomic mass is 127. The Morgan fingerprint density at radius 1 is 1.22 bits per heavy atom. The van der Waals surface area contributed by atoms with Gasteiger partial charge in [0.15, 0.2) is 11.4 Å². The minimum atomic E-state index is -0.206. The number of carbonyl (C=O) groups excluding carboxylic acids is 1. The molecule has 0 unspecified atom stereocenters. The van der Waals surface area contributed by atoms with E-state index in [0.29, 0.717) is 28.1 Å². The molecule has 0 saturated carbocycles. The van der Waals surface area contributed by atoms with E-state index >= 15 is 0 Å². The number of anilines is 1. The zero-order chi connectivity index (χ0) is 19.0. The number of pyridine rings is 1. The topological polar surface area (TPSA) is 73.0 Å². The summed E-state index contributed by atoms with van der Waals surface area (Å²) in [6.07, 6.45) is 3.28. The Morgan fingerprint density at radius 2 is 2.04 bits per heavy atom. The van der Waals surface area contributed by atoms with E-state index in [1.165, 1.54) is 0 Å². The number of benzene rings is 1. The van der Waals surface area contributed by atoms with Crippen molar-refractivity contribution in [3.8, 4) is 11.5 Å². The Kier molecular flexibility index (Phi) is 4.69. The van der Waals surface area contributed by atoms with Crippen LogP contribution in [0.5, 0.6) is 0 Å². The Hall–Kier alpha value is -2.68.